The van der Waals surface area contributed by atoms with E-state index < -0.39 is 0 Å². The summed E-state index contributed by atoms with van der Waals surface area (Å²) in [6, 6.07) is 8.86. The van der Waals surface area contributed by atoms with Crippen LogP contribution in [0, 0.1) is 13.8 Å². The van der Waals surface area contributed by atoms with Gasteiger partial charge in [-0.05, 0) is 76.6 Å². The molecule has 2 aromatic rings. The lowest BCUT2D eigenvalue weighted by Crippen LogP contribution is -2.44. The van der Waals surface area contributed by atoms with Gasteiger partial charge in [0.05, 0.1) is 5.69 Å². The van der Waals surface area contributed by atoms with E-state index in [1.165, 1.54) is 17.5 Å². The number of nitrogens with zero attached hydrogens (tertiary/aromatic N) is 3. The average molecular weight is 425 g/mol. The minimum atomic E-state index is 0.334. The van der Waals surface area contributed by atoms with E-state index in [0.29, 0.717) is 25.0 Å². The normalized spacial score (nSPS) is 21.7. The molecule has 1 aromatic heterocycles. The van der Waals surface area contributed by atoms with Gasteiger partial charge < -0.3 is 9.64 Å². The molecule has 1 unspecified atom stereocenters. The molecule has 2 bridgehead atoms. The van der Waals surface area contributed by atoms with Crippen LogP contribution in [0.1, 0.15) is 61.0 Å². The maximum Gasteiger partial charge on any atom is 0.222 e. The number of hydrogen-bond acceptors (Lipinski definition) is 4. The van der Waals surface area contributed by atoms with E-state index in [9.17, 15) is 4.79 Å². The van der Waals surface area contributed by atoms with E-state index in [1.807, 2.05) is 6.07 Å². The number of benzene rings is 1. The SMILES string of the molecule is Cc1n[nH]c(C)c1CN1CCCC(=O)N2CCCCC2CCc2cccc(c2)OCC1. The molecule has 0 radical (unpaired) electrons. The Morgan fingerprint density at radius 1 is 1.10 bits per heavy atom. The van der Waals surface area contributed by atoms with Crippen molar-refractivity contribution in [2.45, 2.75) is 71.4 Å². The van der Waals surface area contributed by atoms with Crippen molar-refractivity contribution in [3.05, 3.63) is 46.8 Å². The Kier molecular flexibility index (Phi) is 7.28. The lowest BCUT2D eigenvalue weighted by Gasteiger charge is -2.36. The zero-order chi connectivity index (χ0) is 21.6. The van der Waals surface area contributed by atoms with Crippen molar-refractivity contribution in [1.29, 1.82) is 0 Å². The molecule has 1 saturated heterocycles. The molecular weight excluding hydrogens is 388 g/mol. The maximum absolute atomic E-state index is 13.1. The zero-order valence-electron chi connectivity index (χ0n) is 19.0. The predicted molar refractivity (Wildman–Crippen MR) is 122 cm³/mol. The van der Waals surface area contributed by atoms with Gasteiger partial charge in [-0.2, -0.15) is 5.10 Å². The van der Waals surface area contributed by atoms with Crippen LogP contribution in [-0.4, -0.2) is 58.2 Å². The number of amides is 1. The van der Waals surface area contributed by atoms with Gasteiger partial charge in [-0.3, -0.25) is 14.8 Å². The van der Waals surface area contributed by atoms with Crippen LogP contribution >= 0.6 is 0 Å². The number of aromatic nitrogens is 2. The summed E-state index contributed by atoms with van der Waals surface area (Å²) in [5.74, 6) is 1.28. The standard InChI is InChI=1S/C25H36N4O2/c1-19-24(20(2)27-26-19)18-28-13-6-10-25(30)29-14-4-3-8-22(29)12-11-21-7-5-9-23(17-21)31-16-15-28/h5,7,9,17,22H,3-4,6,8,10-16,18H2,1-2H3,(H,26,27). The molecule has 0 aliphatic carbocycles. The number of piperidine rings is 1. The van der Waals surface area contributed by atoms with Crippen LogP contribution in [0.25, 0.3) is 0 Å². The molecule has 0 spiro atoms. The molecule has 168 valence electrons. The van der Waals surface area contributed by atoms with Crippen molar-refractivity contribution in [3.8, 4) is 5.75 Å². The van der Waals surface area contributed by atoms with E-state index in [0.717, 1.165) is 75.4 Å². The molecular formula is C25H36N4O2. The first kappa shape index (κ1) is 21.9. The second-order valence-corrected chi connectivity index (χ2v) is 9.06. The number of rotatable bonds is 2. The summed E-state index contributed by atoms with van der Waals surface area (Å²) in [6.45, 7) is 8.23. The number of carbonyl (C=O) groups is 1. The molecule has 2 aliphatic rings. The molecule has 2 aliphatic heterocycles. The highest BCUT2D eigenvalue weighted by Crippen LogP contribution is 2.24. The van der Waals surface area contributed by atoms with Gasteiger partial charge in [0.25, 0.3) is 0 Å². The van der Waals surface area contributed by atoms with Crippen molar-refractivity contribution >= 4 is 5.91 Å². The summed E-state index contributed by atoms with van der Waals surface area (Å²) in [5.41, 5.74) is 4.72. The smallest absolute Gasteiger partial charge is 0.222 e. The number of carbonyl (C=O) groups excluding carboxylic acids is 1. The van der Waals surface area contributed by atoms with Gasteiger partial charge in [0.2, 0.25) is 5.91 Å². The highest BCUT2D eigenvalue weighted by atomic mass is 16.5. The van der Waals surface area contributed by atoms with Crippen LogP contribution in [0.2, 0.25) is 0 Å². The summed E-state index contributed by atoms with van der Waals surface area (Å²) in [7, 11) is 0. The Labute approximate surface area is 186 Å². The molecule has 1 aromatic carbocycles. The Bertz CT molecular complexity index is 859. The Balaban J connectivity index is 1.50. The molecule has 1 amide bonds. The van der Waals surface area contributed by atoms with E-state index >= 15 is 0 Å². The van der Waals surface area contributed by atoms with Gasteiger partial charge in [0.15, 0.2) is 0 Å². The van der Waals surface area contributed by atoms with Gasteiger partial charge in [0.1, 0.15) is 12.4 Å². The number of aromatic amines is 1. The summed E-state index contributed by atoms with van der Waals surface area (Å²) in [5, 5.41) is 7.44. The quantitative estimate of drug-likeness (QED) is 0.791. The van der Waals surface area contributed by atoms with Gasteiger partial charge in [0, 0.05) is 43.4 Å². The van der Waals surface area contributed by atoms with E-state index in [1.54, 1.807) is 0 Å². The Morgan fingerprint density at radius 2 is 2.00 bits per heavy atom. The highest BCUT2D eigenvalue weighted by molar-refractivity contribution is 5.76. The Hall–Kier alpha value is -2.34. The van der Waals surface area contributed by atoms with Crippen LogP contribution in [-0.2, 0) is 17.8 Å². The maximum atomic E-state index is 13.1. The number of hydrogen-bond donors (Lipinski definition) is 1. The molecule has 6 nitrogen and oxygen atoms in total. The first-order chi connectivity index (χ1) is 15.1. The topological polar surface area (TPSA) is 61.5 Å². The predicted octanol–water partition coefficient (Wildman–Crippen LogP) is 4.02. The molecule has 6 heteroatoms. The van der Waals surface area contributed by atoms with Crippen LogP contribution < -0.4 is 4.74 Å². The third kappa shape index (κ3) is 5.67. The second-order valence-electron chi connectivity index (χ2n) is 9.06. The molecule has 1 fully saturated rings. The van der Waals surface area contributed by atoms with Gasteiger partial charge >= 0.3 is 0 Å². The van der Waals surface area contributed by atoms with Gasteiger partial charge in [-0.25, -0.2) is 0 Å². The van der Waals surface area contributed by atoms with E-state index in [-0.39, 0.29) is 0 Å². The molecule has 0 saturated carbocycles. The first-order valence-corrected chi connectivity index (χ1v) is 11.8. The van der Waals surface area contributed by atoms with Crippen LogP contribution in [0.15, 0.2) is 24.3 Å². The summed E-state index contributed by atoms with van der Waals surface area (Å²) >= 11 is 0. The monoisotopic (exact) mass is 424 g/mol. The van der Waals surface area contributed by atoms with Crippen molar-refractivity contribution in [3.63, 3.8) is 0 Å². The number of aryl methyl sites for hydroxylation is 3. The average Bonchev–Trinajstić information content (AvgIpc) is 3.09. The number of nitrogens with one attached hydrogen (secondary N) is 1. The highest BCUT2D eigenvalue weighted by Gasteiger charge is 2.26. The lowest BCUT2D eigenvalue weighted by molar-refractivity contribution is -0.135. The fourth-order valence-electron chi connectivity index (χ4n) is 4.94. The molecule has 4 rings (SSSR count). The number of ether oxygens (including phenoxy) is 1. The lowest BCUT2D eigenvalue weighted by atomic mass is 9.95. The van der Waals surface area contributed by atoms with Gasteiger partial charge in [-0.15, -0.1) is 0 Å². The summed E-state index contributed by atoms with van der Waals surface area (Å²) in [6.07, 6.45) is 7.05. The fourth-order valence-corrected chi connectivity index (χ4v) is 4.94. The first-order valence-electron chi connectivity index (χ1n) is 11.8. The number of fused-ring (bicyclic) bond motifs is 3. The van der Waals surface area contributed by atoms with E-state index in [2.05, 4.69) is 52.0 Å². The third-order valence-corrected chi connectivity index (χ3v) is 6.82. The third-order valence-electron chi connectivity index (χ3n) is 6.82. The zero-order valence-corrected chi connectivity index (χ0v) is 19.0. The number of H-pyrrole nitrogens is 1. The summed E-state index contributed by atoms with van der Waals surface area (Å²) in [4.78, 5) is 17.6. The van der Waals surface area contributed by atoms with Crippen molar-refractivity contribution in [1.82, 2.24) is 20.0 Å². The second kappa shape index (κ2) is 10.3. The fraction of sp³-hybridized carbons (Fsp3) is 0.600. The molecule has 3 heterocycles. The Morgan fingerprint density at radius 3 is 2.84 bits per heavy atom. The molecule has 1 N–H and O–H groups in total. The largest absolute Gasteiger partial charge is 0.492 e. The van der Waals surface area contributed by atoms with E-state index in [4.69, 9.17) is 4.74 Å². The van der Waals surface area contributed by atoms with Crippen molar-refractivity contribution < 1.29 is 9.53 Å². The minimum absolute atomic E-state index is 0.334. The van der Waals surface area contributed by atoms with Crippen LogP contribution in [0.5, 0.6) is 5.75 Å². The summed E-state index contributed by atoms with van der Waals surface area (Å²) < 4.78 is 6.12. The van der Waals surface area contributed by atoms with Crippen molar-refractivity contribution in [2.75, 3.05) is 26.2 Å². The van der Waals surface area contributed by atoms with Crippen LogP contribution in [0.3, 0.4) is 0 Å². The molecule has 31 heavy (non-hydrogen) atoms. The van der Waals surface area contributed by atoms with Gasteiger partial charge in [-0.1, -0.05) is 12.1 Å². The minimum Gasteiger partial charge on any atom is -0.492 e. The molecule has 1 atom stereocenters. The van der Waals surface area contributed by atoms with Crippen LogP contribution in [0.4, 0.5) is 0 Å². The van der Waals surface area contributed by atoms with Crippen molar-refractivity contribution in [2.24, 2.45) is 0 Å².